The number of hydrogen-bond acceptors (Lipinski definition) is 5. The molecule has 2 heterocycles. The summed E-state index contributed by atoms with van der Waals surface area (Å²) >= 11 is 3.43. The topological polar surface area (TPSA) is 74.0 Å². The number of likely N-dealkylation sites (N-methyl/N-ethyl adjacent to an activating group) is 1. The van der Waals surface area contributed by atoms with Crippen molar-refractivity contribution >= 4 is 38.6 Å². The van der Waals surface area contributed by atoms with Crippen molar-refractivity contribution in [3.8, 4) is 0 Å². The lowest BCUT2D eigenvalue weighted by atomic mass is 9.95. The van der Waals surface area contributed by atoms with Crippen LogP contribution in [-0.2, 0) is 4.79 Å². The molecule has 0 fully saturated rings. The van der Waals surface area contributed by atoms with Gasteiger partial charge in [0, 0.05) is 22.9 Å². The number of hydrogen-bond donors (Lipinski definition) is 1. The first-order valence-corrected chi connectivity index (χ1v) is 11.5. The number of carbonyl (C=O) groups excluding carboxylic acids is 2. The van der Waals surface area contributed by atoms with Crippen molar-refractivity contribution in [2.24, 2.45) is 0 Å². The average Bonchev–Trinajstić information content (AvgIpc) is 3.34. The van der Waals surface area contributed by atoms with Crippen LogP contribution in [0.25, 0.3) is 11.0 Å². The lowest BCUT2D eigenvalue weighted by Crippen LogP contribution is -2.38. The molecule has 1 aliphatic rings. The molecule has 4 rings (SSSR count). The second kappa shape index (κ2) is 9.30. The van der Waals surface area contributed by atoms with E-state index in [0.717, 1.165) is 28.5 Å². The molecule has 0 aliphatic carbocycles. The van der Waals surface area contributed by atoms with E-state index in [-0.39, 0.29) is 11.3 Å². The number of furan rings is 1. The van der Waals surface area contributed by atoms with E-state index < -0.39 is 23.5 Å². The summed E-state index contributed by atoms with van der Waals surface area (Å²) in [6.45, 7) is 6.87. The van der Waals surface area contributed by atoms with Crippen LogP contribution in [0.1, 0.15) is 36.0 Å². The Kier molecular flexibility index (Phi) is 6.48. The molecule has 1 amide bonds. The number of aliphatic hydroxyl groups is 1. The van der Waals surface area contributed by atoms with E-state index in [1.54, 1.807) is 17.0 Å². The zero-order chi connectivity index (χ0) is 22.8. The lowest BCUT2D eigenvalue weighted by molar-refractivity contribution is -0.129. The van der Waals surface area contributed by atoms with Crippen molar-refractivity contribution in [3.05, 3.63) is 81.7 Å². The number of nitrogens with zero attached hydrogens (tertiary/aromatic N) is 2. The van der Waals surface area contributed by atoms with Crippen LogP contribution in [0.5, 0.6) is 0 Å². The SMILES string of the molecule is CCN(CC)CCN1C(=O)C(O)=C(C(=O)c2cc3ccccc3o2)[C@H]1c1ccc(Br)cc1. The monoisotopic (exact) mass is 496 g/mol. The Morgan fingerprint density at radius 3 is 2.47 bits per heavy atom. The van der Waals surface area contributed by atoms with E-state index in [4.69, 9.17) is 4.42 Å². The minimum Gasteiger partial charge on any atom is -0.503 e. The predicted molar refractivity (Wildman–Crippen MR) is 127 cm³/mol. The van der Waals surface area contributed by atoms with Crippen LogP contribution in [0.2, 0.25) is 0 Å². The van der Waals surface area contributed by atoms with Gasteiger partial charge in [-0.2, -0.15) is 0 Å². The molecule has 0 saturated carbocycles. The first-order chi connectivity index (χ1) is 15.4. The van der Waals surface area contributed by atoms with Gasteiger partial charge in [-0.3, -0.25) is 9.59 Å². The molecule has 0 bridgehead atoms. The van der Waals surface area contributed by atoms with Gasteiger partial charge in [0.1, 0.15) is 5.58 Å². The van der Waals surface area contributed by atoms with Gasteiger partial charge in [0.2, 0.25) is 5.78 Å². The summed E-state index contributed by atoms with van der Waals surface area (Å²) in [4.78, 5) is 30.4. The summed E-state index contributed by atoms with van der Waals surface area (Å²) in [5.74, 6) is -1.42. The molecule has 0 saturated heterocycles. The van der Waals surface area contributed by atoms with Gasteiger partial charge in [0.25, 0.3) is 5.91 Å². The van der Waals surface area contributed by atoms with Crippen molar-refractivity contribution in [3.63, 3.8) is 0 Å². The number of amides is 1. The number of benzene rings is 2. The zero-order valence-corrected chi connectivity index (χ0v) is 19.6. The Hall–Kier alpha value is -2.90. The van der Waals surface area contributed by atoms with E-state index in [1.165, 1.54) is 0 Å². The van der Waals surface area contributed by atoms with E-state index >= 15 is 0 Å². The molecule has 166 valence electrons. The molecule has 0 radical (unpaired) electrons. The highest BCUT2D eigenvalue weighted by Gasteiger charge is 2.44. The molecule has 6 nitrogen and oxygen atoms in total. The maximum absolute atomic E-state index is 13.5. The summed E-state index contributed by atoms with van der Waals surface area (Å²) in [5, 5.41) is 11.6. The van der Waals surface area contributed by atoms with Crippen LogP contribution in [0.15, 0.2) is 74.8 Å². The third-order valence-electron chi connectivity index (χ3n) is 5.93. The normalized spacial score (nSPS) is 16.6. The molecule has 7 heteroatoms. The third kappa shape index (κ3) is 4.10. The maximum Gasteiger partial charge on any atom is 0.290 e. The fraction of sp³-hybridized carbons (Fsp3) is 0.280. The van der Waals surface area contributed by atoms with Gasteiger partial charge in [-0.1, -0.05) is 60.1 Å². The summed E-state index contributed by atoms with van der Waals surface area (Å²) in [5.41, 5.74) is 1.39. The fourth-order valence-corrected chi connectivity index (χ4v) is 4.39. The Labute approximate surface area is 195 Å². The van der Waals surface area contributed by atoms with Gasteiger partial charge in [0.15, 0.2) is 11.5 Å². The smallest absolute Gasteiger partial charge is 0.290 e. The lowest BCUT2D eigenvalue weighted by Gasteiger charge is -2.29. The Morgan fingerprint density at radius 2 is 1.81 bits per heavy atom. The van der Waals surface area contributed by atoms with E-state index in [2.05, 4.69) is 34.7 Å². The number of rotatable bonds is 8. The molecular formula is C25H25BrN2O4. The Morgan fingerprint density at radius 1 is 1.12 bits per heavy atom. The van der Waals surface area contributed by atoms with Gasteiger partial charge < -0.3 is 19.3 Å². The molecule has 0 unspecified atom stereocenters. The highest BCUT2D eigenvalue weighted by atomic mass is 79.9. The van der Waals surface area contributed by atoms with Crippen LogP contribution in [0.3, 0.4) is 0 Å². The van der Waals surface area contributed by atoms with Crippen LogP contribution in [-0.4, -0.2) is 52.8 Å². The molecule has 1 N–H and O–H groups in total. The fourth-order valence-electron chi connectivity index (χ4n) is 4.12. The molecule has 1 aliphatic heterocycles. The third-order valence-corrected chi connectivity index (χ3v) is 6.46. The first-order valence-electron chi connectivity index (χ1n) is 10.7. The molecular weight excluding hydrogens is 472 g/mol. The Balaban J connectivity index is 1.74. The van der Waals surface area contributed by atoms with Crippen molar-refractivity contribution in [1.82, 2.24) is 9.80 Å². The molecule has 0 spiro atoms. The molecule has 1 atom stereocenters. The maximum atomic E-state index is 13.5. The standard InChI is InChI=1S/C25H25BrN2O4/c1-3-27(4-2)13-14-28-22(16-9-11-18(26)12-10-16)21(24(30)25(28)31)23(29)20-15-17-7-5-6-8-19(17)32-20/h5-12,15,22,30H,3-4,13-14H2,1-2H3/t22-/m1/s1. The van der Waals surface area contributed by atoms with Crippen molar-refractivity contribution in [1.29, 1.82) is 0 Å². The molecule has 2 aromatic carbocycles. The summed E-state index contributed by atoms with van der Waals surface area (Å²) in [7, 11) is 0. The summed E-state index contributed by atoms with van der Waals surface area (Å²) in [6, 6.07) is 15.7. The van der Waals surface area contributed by atoms with Crippen molar-refractivity contribution < 1.29 is 19.1 Å². The van der Waals surface area contributed by atoms with Gasteiger partial charge in [-0.25, -0.2) is 0 Å². The largest absolute Gasteiger partial charge is 0.503 e. The van der Waals surface area contributed by atoms with Crippen LogP contribution in [0.4, 0.5) is 0 Å². The van der Waals surface area contributed by atoms with Crippen LogP contribution in [0, 0.1) is 0 Å². The average molecular weight is 497 g/mol. The minimum absolute atomic E-state index is 0.0518. The van der Waals surface area contributed by atoms with E-state index in [9.17, 15) is 14.7 Å². The number of fused-ring (bicyclic) bond motifs is 1. The quantitative estimate of drug-likeness (QED) is 0.438. The van der Waals surface area contributed by atoms with Crippen LogP contribution < -0.4 is 0 Å². The number of para-hydroxylation sites is 1. The Bertz CT molecular complexity index is 1150. The number of ketones is 1. The number of aliphatic hydroxyl groups excluding tert-OH is 1. The predicted octanol–water partition coefficient (Wildman–Crippen LogP) is 5.12. The van der Waals surface area contributed by atoms with E-state index in [1.807, 2.05) is 42.5 Å². The molecule has 32 heavy (non-hydrogen) atoms. The highest BCUT2D eigenvalue weighted by Crippen LogP contribution is 2.39. The van der Waals surface area contributed by atoms with Gasteiger partial charge in [-0.05, 0) is 42.9 Å². The number of halogens is 1. The summed E-state index contributed by atoms with van der Waals surface area (Å²) in [6.07, 6.45) is 0. The summed E-state index contributed by atoms with van der Waals surface area (Å²) < 4.78 is 6.64. The molecule has 3 aromatic rings. The zero-order valence-electron chi connectivity index (χ0n) is 18.0. The van der Waals surface area contributed by atoms with E-state index in [0.29, 0.717) is 18.7 Å². The minimum atomic E-state index is -0.688. The number of Topliss-reactive ketones (excluding diaryl/α,β-unsaturated/α-hetero) is 1. The van der Waals surface area contributed by atoms with Gasteiger partial charge in [-0.15, -0.1) is 0 Å². The first kappa shape index (κ1) is 22.3. The number of carbonyl (C=O) groups is 2. The second-order valence-electron chi connectivity index (χ2n) is 7.72. The van der Waals surface area contributed by atoms with Crippen LogP contribution >= 0.6 is 15.9 Å². The van der Waals surface area contributed by atoms with Crippen molar-refractivity contribution in [2.75, 3.05) is 26.2 Å². The van der Waals surface area contributed by atoms with Crippen molar-refractivity contribution in [2.45, 2.75) is 19.9 Å². The van der Waals surface area contributed by atoms with Gasteiger partial charge in [0.05, 0.1) is 11.6 Å². The molecule has 1 aromatic heterocycles. The highest BCUT2D eigenvalue weighted by molar-refractivity contribution is 9.10. The van der Waals surface area contributed by atoms with Gasteiger partial charge >= 0.3 is 0 Å². The second-order valence-corrected chi connectivity index (χ2v) is 8.64.